The maximum atomic E-state index is 13.2. The first-order valence-electron chi connectivity index (χ1n) is 8.87. The third-order valence-corrected chi connectivity index (χ3v) is 7.14. The zero-order valence-electron chi connectivity index (χ0n) is 16.0. The average molecular weight is 430 g/mol. The first-order valence-corrected chi connectivity index (χ1v) is 11.1. The molecule has 0 atom stereocenters. The summed E-state index contributed by atoms with van der Waals surface area (Å²) in [6, 6.07) is 7.48. The second-order valence-electron chi connectivity index (χ2n) is 6.89. The average Bonchev–Trinajstić information content (AvgIpc) is 2.58. The zero-order chi connectivity index (χ0) is 20.4. The quantitative estimate of drug-likeness (QED) is 0.595. The summed E-state index contributed by atoms with van der Waals surface area (Å²) in [5.41, 5.74) is 1.32. The van der Waals surface area contributed by atoms with E-state index in [0.29, 0.717) is 5.56 Å². The van der Waals surface area contributed by atoms with Crippen molar-refractivity contribution in [2.75, 3.05) is 18.5 Å². The van der Waals surface area contributed by atoms with Crippen molar-refractivity contribution in [3.05, 3.63) is 45.9 Å². The monoisotopic (exact) mass is 429 g/mol. The summed E-state index contributed by atoms with van der Waals surface area (Å²) in [6.45, 7) is 6.69. The molecule has 0 heterocycles. The number of benzene rings is 2. The Hall–Kier alpha value is -1.43. The van der Waals surface area contributed by atoms with Crippen LogP contribution < -0.4 is 4.90 Å². The van der Waals surface area contributed by atoms with Crippen LogP contribution in [0.4, 0.5) is 5.69 Å². The van der Waals surface area contributed by atoms with Crippen molar-refractivity contribution in [1.29, 1.82) is 0 Å². The maximum Gasteiger partial charge on any atom is 0.209 e. The second-order valence-corrected chi connectivity index (χ2v) is 9.59. The maximum absolute atomic E-state index is 13.2. The molecule has 27 heavy (non-hydrogen) atoms. The Bertz CT molecular complexity index is 904. The minimum atomic E-state index is -3.93. The van der Waals surface area contributed by atoms with Crippen LogP contribution in [0.2, 0.25) is 10.0 Å². The van der Waals surface area contributed by atoms with E-state index < -0.39 is 9.84 Å². The molecule has 0 aromatic heterocycles. The Morgan fingerprint density at radius 3 is 2.22 bits per heavy atom. The largest absolute Gasteiger partial charge is 0.508 e. The molecule has 2 aromatic carbocycles. The van der Waals surface area contributed by atoms with Crippen LogP contribution in [0.25, 0.3) is 0 Å². The van der Waals surface area contributed by atoms with Gasteiger partial charge >= 0.3 is 0 Å². The predicted molar refractivity (Wildman–Crippen MR) is 112 cm³/mol. The van der Waals surface area contributed by atoms with Crippen LogP contribution >= 0.6 is 23.2 Å². The van der Waals surface area contributed by atoms with Gasteiger partial charge in [0, 0.05) is 19.3 Å². The standard InChI is InChI=1S/C20H25Cl2NO3S/c1-5-6-9-23(4)14-10-17(21)20(18(22)11-14)27(25,26)15-7-8-19(24)16(12-15)13(2)3/h7-8,10-13,24H,5-6,9H2,1-4H3. The number of rotatable bonds is 7. The molecule has 1 N–H and O–H groups in total. The third-order valence-electron chi connectivity index (χ3n) is 4.47. The van der Waals surface area contributed by atoms with E-state index >= 15 is 0 Å². The van der Waals surface area contributed by atoms with Crippen molar-refractivity contribution in [3.8, 4) is 5.75 Å². The summed E-state index contributed by atoms with van der Waals surface area (Å²) in [7, 11) is -2.01. The van der Waals surface area contributed by atoms with Crippen LogP contribution in [-0.4, -0.2) is 27.1 Å². The minimum absolute atomic E-state index is 0.0271. The number of halogens is 2. The summed E-state index contributed by atoms with van der Waals surface area (Å²) < 4.78 is 26.3. The van der Waals surface area contributed by atoms with E-state index in [1.165, 1.54) is 18.2 Å². The first-order chi connectivity index (χ1) is 12.6. The molecular weight excluding hydrogens is 405 g/mol. The van der Waals surface area contributed by atoms with Gasteiger partial charge in [0.15, 0.2) is 0 Å². The molecule has 0 unspecified atom stereocenters. The zero-order valence-corrected chi connectivity index (χ0v) is 18.3. The molecule has 7 heteroatoms. The van der Waals surface area contributed by atoms with E-state index in [2.05, 4.69) is 6.92 Å². The molecule has 2 aromatic rings. The molecule has 0 spiro atoms. The summed E-state index contributed by atoms with van der Waals surface area (Å²) in [6.07, 6.45) is 2.06. The molecule has 0 radical (unpaired) electrons. The predicted octanol–water partition coefficient (Wildman–Crippen LogP) is 5.89. The van der Waals surface area contributed by atoms with Crippen molar-refractivity contribution in [3.63, 3.8) is 0 Å². The fourth-order valence-corrected chi connectivity index (χ4v) is 5.31. The molecule has 0 aliphatic heterocycles. The summed E-state index contributed by atoms with van der Waals surface area (Å²) in [5, 5.41) is 10.1. The van der Waals surface area contributed by atoms with E-state index in [1.807, 2.05) is 25.8 Å². The highest BCUT2D eigenvalue weighted by Gasteiger charge is 2.26. The van der Waals surface area contributed by atoms with Gasteiger partial charge < -0.3 is 10.0 Å². The van der Waals surface area contributed by atoms with Gasteiger partial charge in [-0.1, -0.05) is 50.4 Å². The SMILES string of the molecule is CCCCN(C)c1cc(Cl)c(S(=O)(=O)c2ccc(O)c(C(C)C)c2)c(Cl)c1. The highest BCUT2D eigenvalue weighted by atomic mass is 35.5. The Labute approximate surface area is 171 Å². The van der Waals surface area contributed by atoms with Crippen molar-refractivity contribution in [1.82, 2.24) is 0 Å². The number of phenolic OH excluding ortho intramolecular Hbond substituents is 1. The van der Waals surface area contributed by atoms with Crippen LogP contribution in [0.1, 0.15) is 45.1 Å². The molecular formula is C20H25Cl2NO3S. The number of hydrogen-bond acceptors (Lipinski definition) is 4. The molecule has 0 fully saturated rings. The highest BCUT2D eigenvalue weighted by Crippen LogP contribution is 2.38. The van der Waals surface area contributed by atoms with Gasteiger partial charge in [-0.25, -0.2) is 8.42 Å². The number of hydrogen-bond donors (Lipinski definition) is 1. The molecule has 2 rings (SSSR count). The van der Waals surface area contributed by atoms with Crippen LogP contribution in [0.15, 0.2) is 40.1 Å². The van der Waals surface area contributed by atoms with Gasteiger partial charge in [-0.05, 0) is 48.2 Å². The molecule has 0 saturated carbocycles. The van der Waals surface area contributed by atoms with E-state index in [9.17, 15) is 13.5 Å². The number of aromatic hydroxyl groups is 1. The fourth-order valence-electron chi connectivity index (χ4n) is 2.83. The first kappa shape index (κ1) is 21.9. The lowest BCUT2D eigenvalue weighted by molar-refractivity contribution is 0.464. The Morgan fingerprint density at radius 2 is 1.70 bits per heavy atom. The molecule has 148 valence electrons. The number of unbranched alkanes of at least 4 members (excludes halogenated alkanes) is 1. The minimum Gasteiger partial charge on any atom is -0.508 e. The Morgan fingerprint density at radius 1 is 1.11 bits per heavy atom. The van der Waals surface area contributed by atoms with Gasteiger partial charge in [0.2, 0.25) is 9.84 Å². The Kier molecular flexibility index (Phi) is 7.06. The second kappa shape index (κ2) is 8.72. The van der Waals surface area contributed by atoms with Crippen LogP contribution in [-0.2, 0) is 9.84 Å². The van der Waals surface area contributed by atoms with Crippen LogP contribution in [0.3, 0.4) is 0 Å². The summed E-state index contributed by atoms with van der Waals surface area (Å²) in [5.74, 6) is 0.0368. The van der Waals surface area contributed by atoms with E-state index in [4.69, 9.17) is 23.2 Å². The number of anilines is 1. The highest BCUT2D eigenvalue weighted by molar-refractivity contribution is 7.91. The molecule has 0 saturated heterocycles. The van der Waals surface area contributed by atoms with Gasteiger partial charge in [0.05, 0.1) is 14.9 Å². The van der Waals surface area contributed by atoms with Crippen LogP contribution in [0, 0.1) is 0 Å². The van der Waals surface area contributed by atoms with Gasteiger partial charge in [-0.3, -0.25) is 0 Å². The molecule has 4 nitrogen and oxygen atoms in total. The topological polar surface area (TPSA) is 57.6 Å². The smallest absolute Gasteiger partial charge is 0.209 e. The molecule has 0 bridgehead atoms. The number of sulfone groups is 1. The third kappa shape index (κ3) is 4.71. The van der Waals surface area contributed by atoms with Crippen LogP contribution in [0.5, 0.6) is 5.75 Å². The Balaban J connectivity index is 2.52. The molecule has 0 aliphatic rings. The van der Waals surface area contributed by atoms with Crippen molar-refractivity contribution >= 4 is 38.7 Å². The van der Waals surface area contributed by atoms with Gasteiger partial charge in [0.1, 0.15) is 10.6 Å². The lowest BCUT2D eigenvalue weighted by Gasteiger charge is -2.21. The summed E-state index contributed by atoms with van der Waals surface area (Å²) >= 11 is 12.7. The number of phenols is 1. The fraction of sp³-hybridized carbons (Fsp3) is 0.400. The van der Waals surface area contributed by atoms with Crippen molar-refractivity contribution in [2.45, 2.75) is 49.3 Å². The van der Waals surface area contributed by atoms with E-state index in [-0.39, 0.29) is 31.5 Å². The number of nitrogens with zero attached hydrogens (tertiary/aromatic N) is 1. The summed E-state index contributed by atoms with van der Waals surface area (Å²) in [4.78, 5) is 1.94. The molecule has 0 aliphatic carbocycles. The lowest BCUT2D eigenvalue weighted by Crippen LogP contribution is -2.18. The van der Waals surface area contributed by atoms with Gasteiger partial charge in [0.25, 0.3) is 0 Å². The van der Waals surface area contributed by atoms with Gasteiger partial charge in [-0.15, -0.1) is 0 Å². The molecule has 0 amide bonds. The van der Waals surface area contributed by atoms with E-state index in [0.717, 1.165) is 25.1 Å². The van der Waals surface area contributed by atoms with Gasteiger partial charge in [-0.2, -0.15) is 0 Å². The van der Waals surface area contributed by atoms with E-state index in [1.54, 1.807) is 12.1 Å². The van der Waals surface area contributed by atoms with Crippen molar-refractivity contribution < 1.29 is 13.5 Å². The van der Waals surface area contributed by atoms with Crippen molar-refractivity contribution in [2.24, 2.45) is 0 Å². The normalized spacial score (nSPS) is 11.8. The lowest BCUT2D eigenvalue weighted by atomic mass is 10.0.